The summed E-state index contributed by atoms with van der Waals surface area (Å²) in [6.07, 6.45) is 36.4. The van der Waals surface area contributed by atoms with E-state index in [4.69, 9.17) is 4.74 Å². The average Bonchev–Trinajstić information content (AvgIpc) is 2.91. The number of hydrogen-bond acceptors (Lipinski definition) is 2. The first-order valence-corrected chi connectivity index (χ1v) is 16.6. The lowest BCUT2D eigenvalue weighted by atomic mass is 9.71. The minimum atomic E-state index is 0.0428. The van der Waals surface area contributed by atoms with E-state index in [0.29, 0.717) is 17.8 Å². The second-order valence-electron chi connectivity index (χ2n) is 12.6. The van der Waals surface area contributed by atoms with Gasteiger partial charge in [-0.15, -0.1) is 0 Å². The van der Waals surface area contributed by atoms with Gasteiger partial charge in [0.05, 0.1) is 7.11 Å². The van der Waals surface area contributed by atoms with Crippen LogP contribution >= 0.6 is 0 Å². The molecule has 2 heteroatoms. The van der Waals surface area contributed by atoms with Gasteiger partial charge in [0.2, 0.25) is 0 Å². The Morgan fingerprint density at radius 2 is 0.667 bits per heavy atom. The summed E-state index contributed by atoms with van der Waals surface area (Å²) in [5.41, 5.74) is 2.83. The minimum absolute atomic E-state index is 0.0428. The number of rotatable bonds is 4. The standard InChI is InChI=1S/C34H60O2/c1-36-34(35)33(31-27-21-15-9-4-10-16-22-28-31)32(29-23-17-11-5-2-6-12-18-24-29)30-25-19-13-7-3-8-14-20-26-30/h29-31H,2-28H2,1H3. The predicted molar refractivity (Wildman–Crippen MR) is 154 cm³/mol. The van der Waals surface area contributed by atoms with E-state index in [1.165, 1.54) is 179 Å². The second-order valence-corrected chi connectivity index (χ2v) is 12.6. The molecule has 3 fully saturated rings. The van der Waals surface area contributed by atoms with Crippen LogP contribution in [0.5, 0.6) is 0 Å². The van der Waals surface area contributed by atoms with Crippen molar-refractivity contribution in [1.82, 2.24) is 0 Å². The molecule has 2 nitrogen and oxygen atoms in total. The number of methoxy groups -OCH3 is 1. The van der Waals surface area contributed by atoms with Crippen molar-refractivity contribution in [3.8, 4) is 0 Å². The van der Waals surface area contributed by atoms with E-state index >= 15 is 0 Å². The van der Waals surface area contributed by atoms with Crippen molar-refractivity contribution in [3.63, 3.8) is 0 Å². The maximum Gasteiger partial charge on any atom is 0.333 e. The lowest BCUT2D eigenvalue weighted by Gasteiger charge is -2.34. The molecule has 0 aliphatic heterocycles. The molecule has 0 saturated heterocycles. The van der Waals surface area contributed by atoms with E-state index in [2.05, 4.69) is 0 Å². The van der Waals surface area contributed by atoms with Gasteiger partial charge in [0.25, 0.3) is 0 Å². The van der Waals surface area contributed by atoms with Crippen LogP contribution in [0.2, 0.25) is 0 Å². The van der Waals surface area contributed by atoms with Gasteiger partial charge in [-0.2, -0.15) is 0 Å². The number of hydrogen-bond donors (Lipinski definition) is 0. The predicted octanol–water partition coefficient (Wildman–Crippen LogP) is 10.9. The maximum atomic E-state index is 13.8. The van der Waals surface area contributed by atoms with Crippen LogP contribution in [0.25, 0.3) is 0 Å². The first kappa shape index (κ1) is 29.8. The monoisotopic (exact) mass is 500 g/mol. The lowest BCUT2D eigenvalue weighted by Crippen LogP contribution is -2.26. The van der Waals surface area contributed by atoms with Crippen molar-refractivity contribution < 1.29 is 9.53 Å². The first-order chi connectivity index (χ1) is 17.8. The van der Waals surface area contributed by atoms with E-state index in [0.717, 1.165) is 0 Å². The van der Waals surface area contributed by atoms with Crippen LogP contribution in [0.4, 0.5) is 0 Å². The molecular formula is C34H60O2. The SMILES string of the molecule is COC(=O)C(=C(C1CCCCCCCCC1)C1CCCCCCCCC1)C1CCCCCCCCC1. The Morgan fingerprint density at radius 1 is 0.417 bits per heavy atom. The van der Waals surface area contributed by atoms with Crippen LogP contribution in [-0.2, 0) is 9.53 Å². The molecule has 0 N–H and O–H groups in total. The number of ether oxygens (including phenoxy) is 1. The summed E-state index contributed by atoms with van der Waals surface area (Å²) in [7, 11) is 1.65. The lowest BCUT2D eigenvalue weighted by molar-refractivity contribution is -0.137. The molecule has 0 aromatic heterocycles. The third-order valence-corrected chi connectivity index (χ3v) is 9.82. The molecule has 0 radical (unpaired) electrons. The normalized spacial score (nSPS) is 24.4. The zero-order valence-electron chi connectivity index (χ0n) is 24.1. The molecule has 36 heavy (non-hydrogen) atoms. The highest BCUT2D eigenvalue weighted by Crippen LogP contribution is 2.42. The topological polar surface area (TPSA) is 26.3 Å². The highest BCUT2D eigenvalue weighted by Gasteiger charge is 2.33. The van der Waals surface area contributed by atoms with E-state index < -0.39 is 0 Å². The molecule has 0 heterocycles. The summed E-state index contributed by atoms with van der Waals surface area (Å²) in [6.45, 7) is 0. The summed E-state index contributed by atoms with van der Waals surface area (Å²) in [5, 5.41) is 0. The summed E-state index contributed by atoms with van der Waals surface area (Å²) in [5.74, 6) is 1.69. The molecule has 3 aliphatic rings. The third-order valence-electron chi connectivity index (χ3n) is 9.82. The average molecular weight is 501 g/mol. The molecule has 0 aromatic carbocycles. The Labute approximate surface area is 224 Å². The second kappa shape index (κ2) is 18.5. The molecular weight excluding hydrogens is 440 g/mol. The van der Waals surface area contributed by atoms with Crippen molar-refractivity contribution in [3.05, 3.63) is 11.1 Å². The van der Waals surface area contributed by atoms with Gasteiger partial charge in [0.1, 0.15) is 0 Å². The quantitative estimate of drug-likeness (QED) is 0.283. The van der Waals surface area contributed by atoms with Gasteiger partial charge in [0, 0.05) is 5.57 Å². The fraction of sp³-hybridized carbons (Fsp3) is 0.912. The Balaban J connectivity index is 2.00. The molecule has 208 valence electrons. The van der Waals surface area contributed by atoms with E-state index in [9.17, 15) is 4.79 Å². The van der Waals surface area contributed by atoms with Crippen molar-refractivity contribution in [2.24, 2.45) is 17.8 Å². The number of esters is 1. The van der Waals surface area contributed by atoms with Crippen LogP contribution in [0.3, 0.4) is 0 Å². The van der Waals surface area contributed by atoms with Crippen molar-refractivity contribution >= 4 is 5.97 Å². The molecule has 0 atom stereocenters. The Morgan fingerprint density at radius 3 is 0.944 bits per heavy atom. The Kier molecular flexibility index (Phi) is 15.3. The van der Waals surface area contributed by atoms with Gasteiger partial charge in [0.15, 0.2) is 0 Å². The van der Waals surface area contributed by atoms with E-state index in [-0.39, 0.29) is 5.97 Å². The summed E-state index contributed by atoms with van der Waals surface area (Å²) in [6, 6.07) is 0. The number of carbonyl (C=O) groups is 1. The van der Waals surface area contributed by atoms with Gasteiger partial charge in [-0.25, -0.2) is 4.79 Å². The van der Waals surface area contributed by atoms with Crippen LogP contribution in [0, 0.1) is 17.8 Å². The fourth-order valence-electron chi connectivity index (χ4n) is 7.74. The first-order valence-electron chi connectivity index (χ1n) is 16.6. The molecule has 3 aliphatic carbocycles. The largest absolute Gasteiger partial charge is 0.466 e. The highest BCUT2D eigenvalue weighted by molar-refractivity contribution is 5.90. The van der Waals surface area contributed by atoms with Gasteiger partial charge in [-0.05, 0) is 56.3 Å². The zero-order valence-corrected chi connectivity index (χ0v) is 24.1. The fourth-order valence-corrected chi connectivity index (χ4v) is 7.74. The van der Waals surface area contributed by atoms with Gasteiger partial charge in [-0.3, -0.25) is 0 Å². The molecule has 0 unspecified atom stereocenters. The van der Waals surface area contributed by atoms with Crippen LogP contribution in [-0.4, -0.2) is 13.1 Å². The molecule has 3 rings (SSSR count). The minimum Gasteiger partial charge on any atom is -0.466 e. The Bertz CT molecular complexity index is 563. The molecule has 0 amide bonds. The van der Waals surface area contributed by atoms with E-state index in [1.807, 2.05) is 0 Å². The summed E-state index contributed by atoms with van der Waals surface area (Å²) < 4.78 is 5.66. The summed E-state index contributed by atoms with van der Waals surface area (Å²) in [4.78, 5) is 13.8. The van der Waals surface area contributed by atoms with Crippen LogP contribution in [0.15, 0.2) is 11.1 Å². The molecule has 0 bridgehead atoms. The smallest absolute Gasteiger partial charge is 0.333 e. The van der Waals surface area contributed by atoms with Crippen LogP contribution in [0.1, 0.15) is 173 Å². The molecule has 0 aromatic rings. The van der Waals surface area contributed by atoms with E-state index in [1.54, 1.807) is 12.7 Å². The highest BCUT2D eigenvalue weighted by atomic mass is 16.5. The zero-order chi connectivity index (χ0) is 25.3. The van der Waals surface area contributed by atoms with Crippen molar-refractivity contribution in [1.29, 1.82) is 0 Å². The molecule has 0 spiro atoms. The third kappa shape index (κ3) is 10.5. The van der Waals surface area contributed by atoms with Crippen molar-refractivity contribution in [2.45, 2.75) is 173 Å². The number of carbonyl (C=O) groups excluding carboxylic acids is 1. The molecule has 3 saturated carbocycles. The van der Waals surface area contributed by atoms with Crippen LogP contribution < -0.4 is 0 Å². The Hall–Kier alpha value is -0.790. The maximum absolute atomic E-state index is 13.8. The van der Waals surface area contributed by atoms with Gasteiger partial charge in [-0.1, -0.05) is 140 Å². The number of allylic oxidation sites excluding steroid dienone is 1. The van der Waals surface area contributed by atoms with Crippen molar-refractivity contribution in [2.75, 3.05) is 7.11 Å². The van der Waals surface area contributed by atoms with Gasteiger partial charge >= 0.3 is 5.97 Å². The summed E-state index contributed by atoms with van der Waals surface area (Å²) >= 11 is 0. The van der Waals surface area contributed by atoms with Gasteiger partial charge < -0.3 is 4.74 Å².